The van der Waals surface area contributed by atoms with Crippen molar-refractivity contribution in [2.24, 2.45) is 0 Å². The lowest BCUT2D eigenvalue weighted by Gasteiger charge is -2.23. The Labute approximate surface area is 406 Å². The van der Waals surface area contributed by atoms with Crippen molar-refractivity contribution in [2.75, 3.05) is 27.4 Å². The van der Waals surface area contributed by atoms with E-state index in [0.717, 1.165) is 45.3 Å². The molecule has 27 heteroatoms. The maximum absolute atomic E-state index is 12.7. The van der Waals surface area contributed by atoms with Gasteiger partial charge in [-0.2, -0.15) is 51.6 Å². The van der Waals surface area contributed by atoms with Crippen molar-refractivity contribution in [1.82, 2.24) is 4.98 Å². The Morgan fingerprint density at radius 2 is 1.21 bits per heavy atom. The van der Waals surface area contributed by atoms with Crippen molar-refractivity contribution >= 4 is 42.3 Å². The summed E-state index contributed by atoms with van der Waals surface area (Å²) in [5, 5.41) is 9.06. The maximum Gasteiger partial charge on any atom is 0.534 e. The van der Waals surface area contributed by atoms with Gasteiger partial charge in [0.05, 0.1) is 56.3 Å². The van der Waals surface area contributed by atoms with Gasteiger partial charge in [-0.15, -0.1) is 0 Å². The molecule has 71 heavy (non-hydrogen) atoms. The molecule has 0 saturated carbocycles. The Balaban J connectivity index is 0.000000342. The summed E-state index contributed by atoms with van der Waals surface area (Å²) < 4.78 is 183. The standard InChI is InChI=1S/C16H19F3O7S.C11H11F3O6S.C7H8O3S.C5H5N.C5H8O/c1-10-12(15(20)23-2)7-6-11(9-25-13-5-3-4-8-24-13)14(10)26-27(21,22)16(17,18)19;1-6-8(10(16)19-2)4-3-7(5-15)9(6)20-21(17,18)11(12,13)14;1-6-2-4-7(5-3-6)11(8,9)10;2*1-2-4-6-5-3-1/h6-7,13H,3-5,8-9H2,1-2H3;3-4,15H,5H2,1-2H3;2-5H,1H3,(H,8,9,10);1-5H;2,4H,1,3,5H2. The molecule has 3 aromatic carbocycles. The van der Waals surface area contributed by atoms with E-state index < -0.39 is 77.7 Å². The second-order valence-corrected chi connectivity index (χ2v) is 18.9. The zero-order valence-electron chi connectivity index (χ0n) is 38.6. The van der Waals surface area contributed by atoms with Gasteiger partial charge in [0.2, 0.25) is 0 Å². The lowest BCUT2D eigenvalue weighted by Crippen LogP contribution is -2.29. The molecule has 2 N–H and O–H groups in total. The third kappa shape index (κ3) is 20.1. The molecule has 0 spiro atoms. The fourth-order valence-electron chi connectivity index (χ4n) is 5.48. The molecule has 18 nitrogen and oxygen atoms in total. The first-order valence-corrected chi connectivity index (χ1v) is 24.8. The highest BCUT2D eigenvalue weighted by atomic mass is 32.2. The topological polar surface area (TPSA) is 255 Å². The summed E-state index contributed by atoms with van der Waals surface area (Å²) in [5.74, 6) is -3.10. The maximum atomic E-state index is 12.7. The Bertz CT molecular complexity index is 2660. The molecule has 1 aromatic heterocycles. The summed E-state index contributed by atoms with van der Waals surface area (Å²) in [6, 6.07) is 16.5. The van der Waals surface area contributed by atoms with E-state index >= 15 is 0 Å². The van der Waals surface area contributed by atoms with E-state index in [1.54, 1.807) is 30.8 Å². The number of pyridine rings is 1. The quantitative estimate of drug-likeness (QED) is 0.0472. The van der Waals surface area contributed by atoms with Crippen molar-refractivity contribution < 1.29 is 103 Å². The van der Waals surface area contributed by atoms with Gasteiger partial charge in [0.15, 0.2) is 17.8 Å². The molecule has 1 atom stereocenters. The van der Waals surface area contributed by atoms with E-state index in [1.165, 1.54) is 57.0 Å². The summed E-state index contributed by atoms with van der Waals surface area (Å²) in [5.41, 5.74) is -11.1. The number of aliphatic hydroxyl groups excluding tert-OH is 1. The number of carbonyl (C=O) groups excluding carboxylic acids is 2. The van der Waals surface area contributed by atoms with E-state index in [1.807, 2.05) is 31.2 Å². The normalized spacial score (nSPS) is 14.6. The molecule has 3 heterocycles. The van der Waals surface area contributed by atoms with Gasteiger partial charge in [-0.25, -0.2) is 9.59 Å². The predicted molar refractivity (Wildman–Crippen MR) is 240 cm³/mol. The lowest BCUT2D eigenvalue weighted by atomic mass is 10.0. The third-order valence-electron chi connectivity index (χ3n) is 9.18. The van der Waals surface area contributed by atoms with Crippen molar-refractivity contribution in [3.05, 3.63) is 130 Å². The smallest absolute Gasteiger partial charge is 0.502 e. The van der Waals surface area contributed by atoms with Crippen molar-refractivity contribution in [3.8, 4) is 11.5 Å². The number of carbonyl (C=O) groups is 2. The minimum Gasteiger partial charge on any atom is -0.502 e. The van der Waals surface area contributed by atoms with E-state index in [-0.39, 0.29) is 44.9 Å². The van der Waals surface area contributed by atoms with Crippen LogP contribution >= 0.6 is 0 Å². The lowest BCUT2D eigenvalue weighted by molar-refractivity contribution is -0.169. The van der Waals surface area contributed by atoms with Gasteiger partial charge in [-0.05, 0) is 95.3 Å². The number of aliphatic hydroxyl groups is 1. The number of alkyl halides is 6. The average Bonchev–Trinajstić information content (AvgIpc) is 3.33. The number of halogens is 6. The Morgan fingerprint density at radius 1 is 0.704 bits per heavy atom. The Morgan fingerprint density at radius 3 is 1.55 bits per heavy atom. The van der Waals surface area contributed by atoms with Crippen LogP contribution in [0.3, 0.4) is 0 Å². The minimum absolute atomic E-state index is 0.0298. The van der Waals surface area contributed by atoms with Crippen LogP contribution in [-0.4, -0.2) is 96.6 Å². The van der Waals surface area contributed by atoms with Gasteiger partial charge in [-0.1, -0.05) is 35.9 Å². The molecule has 2 aliphatic heterocycles. The second kappa shape index (κ2) is 28.3. The van der Waals surface area contributed by atoms with Crippen LogP contribution in [0.1, 0.15) is 80.6 Å². The van der Waals surface area contributed by atoms with Crippen LogP contribution in [-0.2, 0) is 67.3 Å². The highest BCUT2D eigenvalue weighted by molar-refractivity contribution is 7.88. The molecule has 0 amide bonds. The number of rotatable bonds is 11. The van der Waals surface area contributed by atoms with Crippen LogP contribution in [0.15, 0.2) is 96.4 Å². The van der Waals surface area contributed by atoms with Crippen LogP contribution in [0.2, 0.25) is 0 Å². The molecule has 1 fully saturated rings. The highest BCUT2D eigenvalue weighted by Crippen LogP contribution is 2.35. The van der Waals surface area contributed by atoms with Crippen molar-refractivity contribution in [2.45, 2.75) is 88.3 Å². The number of esters is 2. The minimum atomic E-state index is -5.93. The van der Waals surface area contributed by atoms with Gasteiger partial charge in [0.25, 0.3) is 10.1 Å². The Kier molecular flexibility index (Phi) is 24.4. The number of aromatic nitrogens is 1. The van der Waals surface area contributed by atoms with Crippen LogP contribution in [0.5, 0.6) is 11.5 Å². The van der Waals surface area contributed by atoms with E-state index in [4.69, 9.17) is 23.9 Å². The zero-order chi connectivity index (χ0) is 53.6. The molecule has 1 saturated heterocycles. The van der Waals surface area contributed by atoms with Gasteiger partial charge < -0.3 is 37.2 Å². The van der Waals surface area contributed by atoms with Crippen LogP contribution in [0.25, 0.3) is 0 Å². The summed E-state index contributed by atoms with van der Waals surface area (Å²) in [4.78, 5) is 26.9. The number of aryl methyl sites for hydroxylation is 1. The zero-order valence-corrected chi connectivity index (χ0v) is 41.0. The third-order valence-corrected chi connectivity index (χ3v) is 12.0. The number of benzene rings is 3. The molecule has 1 unspecified atom stereocenters. The van der Waals surface area contributed by atoms with Crippen molar-refractivity contribution in [3.63, 3.8) is 0 Å². The molecule has 6 rings (SSSR count). The number of methoxy groups -OCH3 is 2. The number of ether oxygens (including phenoxy) is 5. The summed E-state index contributed by atoms with van der Waals surface area (Å²) in [6.07, 6.45) is 11.5. The summed E-state index contributed by atoms with van der Waals surface area (Å²) >= 11 is 0. The molecule has 0 aliphatic carbocycles. The van der Waals surface area contributed by atoms with Gasteiger partial charge >= 0.3 is 43.2 Å². The molecule has 394 valence electrons. The van der Waals surface area contributed by atoms with Crippen LogP contribution in [0.4, 0.5) is 26.3 Å². The largest absolute Gasteiger partial charge is 0.534 e. The van der Waals surface area contributed by atoms with Gasteiger partial charge in [0.1, 0.15) is 0 Å². The Hall–Kier alpha value is -5.84. The predicted octanol–water partition coefficient (Wildman–Crippen LogP) is 8.19. The van der Waals surface area contributed by atoms with E-state index in [9.17, 15) is 61.2 Å². The molecular formula is C44H51F6NO17S3. The number of hydrogen-bond donors (Lipinski definition) is 2. The first-order chi connectivity index (χ1) is 33.1. The van der Waals surface area contributed by atoms with Gasteiger partial charge in [-0.3, -0.25) is 9.54 Å². The molecule has 0 bridgehead atoms. The second-order valence-electron chi connectivity index (χ2n) is 14.4. The average molecular weight is 1080 g/mol. The van der Waals surface area contributed by atoms with E-state index in [2.05, 4.69) is 22.8 Å². The monoisotopic (exact) mass is 1080 g/mol. The molecule has 2 aliphatic rings. The van der Waals surface area contributed by atoms with E-state index in [0.29, 0.717) is 13.0 Å². The van der Waals surface area contributed by atoms with Crippen LogP contribution < -0.4 is 8.37 Å². The first kappa shape index (κ1) is 61.3. The number of hydrogen-bond acceptors (Lipinski definition) is 17. The SMILES string of the molecule is C1=COCCC1.COC(=O)c1ccc(CO)c(OS(=O)(=O)C(F)(F)F)c1C.COC(=O)c1ccc(COC2CCCCO2)c(OS(=O)(=O)C(F)(F)F)c1C.Cc1ccc(S(=O)(=O)O)cc1.c1ccncc1. The molecule has 0 radical (unpaired) electrons. The van der Waals surface area contributed by atoms with Crippen molar-refractivity contribution in [1.29, 1.82) is 0 Å². The van der Waals surface area contributed by atoms with Crippen LogP contribution in [0, 0.1) is 20.8 Å². The summed E-state index contributed by atoms with van der Waals surface area (Å²) in [7, 11) is -13.7. The molecular weight excluding hydrogens is 1020 g/mol. The fourth-order valence-corrected chi connectivity index (χ4v) is 7.05. The summed E-state index contributed by atoms with van der Waals surface area (Å²) in [6.45, 7) is 4.66. The number of allylic oxidation sites excluding steroid dienone is 1. The number of nitrogens with zero attached hydrogens (tertiary/aromatic N) is 1. The van der Waals surface area contributed by atoms with Gasteiger partial charge in [0, 0.05) is 41.3 Å². The molecule has 4 aromatic rings. The first-order valence-electron chi connectivity index (χ1n) is 20.5. The fraction of sp³-hybridized carbons (Fsp3) is 0.386. The highest BCUT2D eigenvalue weighted by Gasteiger charge is 2.50.